The van der Waals surface area contributed by atoms with Crippen molar-refractivity contribution in [1.29, 1.82) is 0 Å². The molecule has 0 unspecified atom stereocenters. The average Bonchev–Trinajstić information content (AvgIpc) is 3.06. The van der Waals surface area contributed by atoms with E-state index in [1.165, 1.54) is 6.92 Å². The lowest BCUT2D eigenvalue weighted by Gasteiger charge is -2.25. The Morgan fingerprint density at radius 2 is 1.72 bits per heavy atom. The van der Waals surface area contributed by atoms with Gasteiger partial charge in [-0.15, -0.1) is 0 Å². The highest BCUT2D eigenvalue weighted by Gasteiger charge is 2.40. The van der Waals surface area contributed by atoms with E-state index in [2.05, 4.69) is 10.4 Å². The summed E-state index contributed by atoms with van der Waals surface area (Å²) < 4.78 is 41.1. The molecule has 1 aromatic carbocycles. The van der Waals surface area contributed by atoms with Gasteiger partial charge in [-0.3, -0.25) is 14.3 Å². The van der Waals surface area contributed by atoms with Crippen LogP contribution in [-0.4, -0.2) is 32.5 Å². The Kier molecular flexibility index (Phi) is 6.71. The number of hydrogen-bond donors (Lipinski definition) is 1. The quantitative estimate of drug-likeness (QED) is 0.763. The Morgan fingerprint density at radius 3 is 2.17 bits per heavy atom. The van der Waals surface area contributed by atoms with E-state index >= 15 is 0 Å². The van der Waals surface area contributed by atoms with Gasteiger partial charge >= 0.3 is 6.18 Å². The zero-order chi connectivity index (χ0) is 21.9. The fourth-order valence-electron chi connectivity index (χ4n) is 2.95. The highest BCUT2D eigenvalue weighted by atomic mass is 19.4. The van der Waals surface area contributed by atoms with E-state index in [1.807, 2.05) is 13.8 Å². The summed E-state index contributed by atoms with van der Waals surface area (Å²) in [5.74, 6) is -0.941. The van der Waals surface area contributed by atoms with Gasteiger partial charge in [-0.05, 0) is 45.4 Å². The Labute approximate surface area is 167 Å². The van der Waals surface area contributed by atoms with Crippen LogP contribution in [0.3, 0.4) is 0 Å². The molecule has 0 saturated heterocycles. The molecule has 0 bridgehead atoms. The van der Waals surface area contributed by atoms with Gasteiger partial charge in [0.05, 0.1) is 11.8 Å². The fraction of sp³-hybridized carbons (Fsp3) is 0.450. The van der Waals surface area contributed by atoms with Gasteiger partial charge in [-0.1, -0.05) is 12.1 Å². The normalized spacial score (nSPS) is 11.8. The van der Waals surface area contributed by atoms with Crippen LogP contribution in [0.5, 0.6) is 0 Å². The lowest BCUT2D eigenvalue weighted by atomic mass is 10.1. The molecule has 0 fully saturated rings. The second-order valence-electron chi connectivity index (χ2n) is 7.33. The van der Waals surface area contributed by atoms with Gasteiger partial charge in [0.1, 0.15) is 0 Å². The predicted molar refractivity (Wildman–Crippen MR) is 103 cm³/mol. The van der Waals surface area contributed by atoms with Crippen LogP contribution in [0.25, 0.3) is 0 Å². The second kappa shape index (κ2) is 8.67. The van der Waals surface area contributed by atoms with Crippen molar-refractivity contribution in [3.05, 3.63) is 47.3 Å². The topological polar surface area (TPSA) is 67.2 Å². The van der Waals surface area contributed by atoms with Crippen LogP contribution in [0.1, 0.15) is 62.3 Å². The number of halogens is 3. The van der Waals surface area contributed by atoms with E-state index in [9.17, 15) is 22.8 Å². The molecule has 1 N–H and O–H groups in total. The van der Waals surface area contributed by atoms with E-state index < -0.39 is 29.4 Å². The molecule has 29 heavy (non-hydrogen) atoms. The largest absolute Gasteiger partial charge is 0.433 e. The average molecular weight is 410 g/mol. The van der Waals surface area contributed by atoms with E-state index in [1.54, 1.807) is 43.0 Å². The molecule has 0 atom stereocenters. The third-order valence-electron chi connectivity index (χ3n) is 4.39. The number of hydrogen-bond acceptors (Lipinski definition) is 3. The molecule has 2 aromatic rings. The third-order valence-corrected chi connectivity index (χ3v) is 4.39. The number of anilines is 1. The minimum atomic E-state index is -4.70. The van der Waals surface area contributed by atoms with E-state index in [4.69, 9.17) is 0 Å². The van der Waals surface area contributed by atoms with Gasteiger partial charge in [-0.2, -0.15) is 18.3 Å². The molecule has 0 spiro atoms. The molecule has 0 aliphatic heterocycles. The number of alkyl halides is 3. The number of rotatable bonds is 6. The molecule has 2 amide bonds. The molecule has 0 radical (unpaired) electrons. The number of benzene rings is 1. The smallest absolute Gasteiger partial charge is 0.336 e. The number of aromatic nitrogens is 2. The molecular weight excluding hydrogens is 385 g/mol. The van der Waals surface area contributed by atoms with Gasteiger partial charge < -0.3 is 10.2 Å². The van der Waals surface area contributed by atoms with Crippen molar-refractivity contribution in [2.45, 2.75) is 59.4 Å². The molecule has 6 nitrogen and oxygen atoms in total. The van der Waals surface area contributed by atoms with Crippen LogP contribution in [0.2, 0.25) is 0 Å². The first kappa shape index (κ1) is 22.4. The highest BCUT2D eigenvalue weighted by molar-refractivity contribution is 6.05. The minimum Gasteiger partial charge on any atom is -0.336 e. The number of nitrogens with zero attached hydrogens (tertiary/aromatic N) is 3. The monoisotopic (exact) mass is 410 g/mol. The van der Waals surface area contributed by atoms with Crippen molar-refractivity contribution >= 4 is 17.5 Å². The standard InChI is InChI=1S/C20H25F3N4O2/c1-12(2)26(14(5)28)11-15-6-8-16(9-7-15)25-19(29)17-10-24-27(13(3)4)18(17)20(21,22)23/h6-10,12-13H,11H2,1-5H3,(H,25,29). The molecule has 158 valence electrons. The SMILES string of the molecule is CC(=O)N(Cc1ccc(NC(=O)c2cnn(C(C)C)c2C(F)(F)F)cc1)C(C)C. The minimum absolute atomic E-state index is 0.0326. The van der Waals surface area contributed by atoms with E-state index in [-0.39, 0.29) is 11.9 Å². The molecule has 0 aliphatic rings. The summed E-state index contributed by atoms with van der Waals surface area (Å²) in [5, 5.41) is 6.20. The van der Waals surface area contributed by atoms with Gasteiger partial charge in [0.2, 0.25) is 5.91 Å². The molecule has 0 saturated carbocycles. The van der Waals surface area contributed by atoms with E-state index in [0.29, 0.717) is 12.2 Å². The number of carbonyl (C=O) groups excluding carboxylic acids is 2. The summed E-state index contributed by atoms with van der Waals surface area (Å²) >= 11 is 0. The van der Waals surface area contributed by atoms with Crippen molar-refractivity contribution in [3.63, 3.8) is 0 Å². The molecule has 9 heteroatoms. The first-order valence-corrected chi connectivity index (χ1v) is 9.24. The Balaban J connectivity index is 2.19. The van der Waals surface area contributed by atoms with Crippen LogP contribution in [-0.2, 0) is 17.5 Å². The molecule has 1 heterocycles. The predicted octanol–water partition coefficient (Wildman–Crippen LogP) is 4.49. The van der Waals surface area contributed by atoms with Crippen molar-refractivity contribution in [3.8, 4) is 0 Å². The second-order valence-corrected chi connectivity index (χ2v) is 7.33. The first-order chi connectivity index (χ1) is 13.4. The summed E-state index contributed by atoms with van der Waals surface area (Å²) in [6, 6.07) is 6.10. The zero-order valence-corrected chi connectivity index (χ0v) is 17.0. The zero-order valence-electron chi connectivity index (χ0n) is 17.0. The van der Waals surface area contributed by atoms with Gasteiger partial charge in [-0.25, -0.2) is 0 Å². The lowest BCUT2D eigenvalue weighted by Crippen LogP contribution is -2.34. The summed E-state index contributed by atoms with van der Waals surface area (Å²) in [4.78, 5) is 25.8. The molecule has 0 aliphatic carbocycles. The summed E-state index contributed by atoms with van der Waals surface area (Å²) in [6.07, 6.45) is -3.77. The molecular formula is C20H25F3N4O2. The van der Waals surface area contributed by atoms with Crippen molar-refractivity contribution in [2.75, 3.05) is 5.32 Å². The van der Waals surface area contributed by atoms with E-state index in [0.717, 1.165) is 16.4 Å². The van der Waals surface area contributed by atoms with Crippen LogP contribution in [0.4, 0.5) is 18.9 Å². The maximum absolute atomic E-state index is 13.4. The maximum Gasteiger partial charge on any atom is 0.433 e. The van der Waals surface area contributed by atoms with Gasteiger partial charge in [0.25, 0.3) is 5.91 Å². The first-order valence-electron chi connectivity index (χ1n) is 9.24. The Morgan fingerprint density at radius 1 is 1.14 bits per heavy atom. The van der Waals surface area contributed by atoms with Crippen molar-refractivity contribution < 1.29 is 22.8 Å². The van der Waals surface area contributed by atoms with Crippen LogP contribution in [0.15, 0.2) is 30.5 Å². The van der Waals surface area contributed by atoms with Crippen molar-refractivity contribution in [1.82, 2.24) is 14.7 Å². The van der Waals surface area contributed by atoms with Gasteiger partial charge in [0.15, 0.2) is 5.69 Å². The number of nitrogens with one attached hydrogen (secondary N) is 1. The van der Waals surface area contributed by atoms with Crippen LogP contribution < -0.4 is 5.32 Å². The molecule has 1 aromatic heterocycles. The Hall–Kier alpha value is -2.84. The summed E-state index contributed by atoms with van der Waals surface area (Å²) in [5.41, 5.74) is -0.410. The fourth-order valence-corrected chi connectivity index (χ4v) is 2.95. The lowest BCUT2D eigenvalue weighted by molar-refractivity contribution is -0.145. The summed E-state index contributed by atoms with van der Waals surface area (Å²) in [6.45, 7) is 8.83. The van der Waals surface area contributed by atoms with Crippen LogP contribution in [0, 0.1) is 0 Å². The van der Waals surface area contributed by atoms with Crippen molar-refractivity contribution in [2.24, 2.45) is 0 Å². The Bertz CT molecular complexity index is 871. The van der Waals surface area contributed by atoms with Crippen LogP contribution >= 0.6 is 0 Å². The summed E-state index contributed by atoms with van der Waals surface area (Å²) in [7, 11) is 0. The van der Waals surface area contributed by atoms with Gasteiger partial charge in [0, 0.05) is 31.2 Å². The third kappa shape index (κ3) is 5.36. The number of amides is 2. The maximum atomic E-state index is 13.4. The number of carbonyl (C=O) groups is 2. The highest BCUT2D eigenvalue weighted by Crippen LogP contribution is 2.34. The molecule has 2 rings (SSSR count).